The minimum atomic E-state index is -0.155. The molecule has 2 aliphatic heterocycles. The fourth-order valence-electron chi connectivity index (χ4n) is 12.1. The summed E-state index contributed by atoms with van der Waals surface area (Å²) in [4.78, 5) is 5.27. The number of anilines is 6. The van der Waals surface area contributed by atoms with Gasteiger partial charge in [0.05, 0.1) is 0 Å². The fraction of sp³-hybridized carbons (Fsp3) is 0.239. The van der Waals surface area contributed by atoms with Gasteiger partial charge in [0.2, 0.25) is 0 Å². The molecule has 0 saturated heterocycles. The van der Waals surface area contributed by atoms with E-state index < -0.39 is 0 Å². The molecule has 0 aliphatic carbocycles. The Hall–Kier alpha value is -7.36. The molecule has 74 heavy (non-hydrogen) atoms. The third-order valence-electron chi connectivity index (χ3n) is 15.6. The minimum Gasteiger partial charge on any atom is -0.311 e. The van der Waals surface area contributed by atoms with E-state index in [4.69, 9.17) is 0 Å². The van der Waals surface area contributed by atoms with Crippen LogP contribution in [0.2, 0.25) is 0 Å². The summed E-state index contributed by atoms with van der Waals surface area (Å²) in [6.07, 6.45) is 0. The van der Waals surface area contributed by atoms with E-state index in [1.165, 1.54) is 123 Å². The van der Waals surface area contributed by atoms with Gasteiger partial charge in [-0.2, -0.15) is 0 Å². The van der Waals surface area contributed by atoms with Crippen molar-refractivity contribution < 1.29 is 0 Å². The Morgan fingerprint density at radius 3 is 0.905 bits per heavy atom. The molecule has 11 rings (SSSR count). The van der Waals surface area contributed by atoms with Crippen LogP contribution in [0.15, 0.2) is 194 Å². The van der Waals surface area contributed by atoms with Gasteiger partial charge in [0, 0.05) is 34.1 Å². The van der Waals surface area contributed by atoms with E-state index in [9.17, 15) is 0 Å². The Labute approximate surface area is 442 Å². The molecule has 0 saturated carbocycles. The van der Waals surface area contributed by atoms with Crippen molar-refractivity contribution in [3.05, 3.63) is 222 Å². The van der Waals surface area contributed by atoms with Gasteiger partial charge in [-0.3, -0.25) is 0 Å². The first kappa shape index (κ1) is 48.9. The summed E-state index contributed by atoms with van der Waals surface area (Å²) >= 11 is 0. The maximum absolute atomic E-state index is 2.63. The molecule has 0 spiro atoms. The van der Waals surface area contributed by atoms with Crippen molar-refractivity contribution in [2.45, 2.75) is 112 Å². The summed E-state index contributed by atoms with van der Waals surface area (Å²) in [7, 11) is 0. The van der Waals surface area contributed by atoms with E-state index in [0.717, 1.165) is 0 Å². The summed E-state index contributed by atoms with van der Waals surface area (Å²) in [6.45, 7) is 30.6. The van der Waals surface area contributed by atoms with Gasteiger partial charge >= 0.3 is 0 Å². The third-order valence-corrected chi connectivity index (χ3v) is 15.6. The molecular formula is C71H71BN2. The van der Waals surface area contributed by atoms with Gasteiger partial charge in [-0.1, -0.05) is 229 Å². The monoisotopic (exact) mass is 963 g/mol. The van der Waals surface area contributed by atoms with E-state index in [1.54, 1.807) is 0 Å². The van der Waals surface area contributed by atoms with Gasteiger partial charge in [0.15, 0.2) is 0 Å². The largest absolute Gasteiger partial charge is 0.311 e. The maximum Gasteiger partial charge on any atom is 0.252 e. The number of nitrogens with zero attached hydrogens (tertiary/aromatic N) is 2. The molecule has 0 atom stereocenters. The van der Waals surface area contributed by atoms with Crippen molar-refractivity contribution >= 4 is 57.2 Å². The standard InChI is InChI=1S/C71H71BN2/c1-46-38-65-67-66(39-46)74(52-35-37-54(48-28-20-15-21-29-48)58(41-52)69(5,6)7)64-45-60(71(11,12)13)56(50-32-24-17-25-33-50)43-62(64)72(67)61-42-55(49-30-22-16-23-31-49)59(70(8,9)10)44-63(61)73(65)51-34-36-53(47-26-18-14-19-27-47)57(40-51)68(2,3)4/h14-45H,1-13H3. The van der Waals surface area contributed by atoms with Crippen molar-refractivity contribution in [2.24, 2.45) is 0 Å². The number of benzene rings is 9. The topological polar surface area (TPSA) is 6.48 Å². The lowest BCUT2D eigenvalue weighted by atomic mass is 9.33. The SMILES string of the molecule is Cc1cc2c3c(c1)N(c1ccc(-c4ccccc4)c(C(C)(C)C)c1)c1cc(C(C)(C)C)c(-c4ccccc4)cc1B3c1cc(-c3ccccc3)c(C(C)(C)C)cc1N2c1ccc(-c2ccccc2)c(C(C)(C)C)c1. The third kappa shape index (κ3) is 8.59. The van der Waals surface area contributed by atoms with Gasteiger partial charge in [-0.05, 0) is 166 Å². The summed E-state index contributed by atoms with van der Waals surface area (Å²) in [5, 5.41) is 0. The van der Waals surface area contributed by atoms with Gasteiger partial charge in [-0.25, -0.2) is 0 Å². The molecule has 2 heterocycles. The van der Waals surface area contributed by atoms with Crippen LogP contribution in [0.5, 0.6) is 0 Å². The predicted octanol–water partition coefficient (Wildman–Crippen LogP) is 17.9. The summed E-state index contributed by atoms with van der Waals surface area (Å²) < 4.78 is 0. The molecule has 3 heteroatoms. The lowest BCUT2D eigenvalue weighted by Gasteiger charge is -2.46. The zero-order valence-electron chi connectivity index (χ0n) is 45.9. The molecule has 2 nitrogen and oxygen atoms in total. The van der Waals surface area contributed by atoms with E-state index in [1.807, 2.05) is 0 Å². The lowest BCUT2D eigenvalue weighted by Crippen LogP contribution is -2.61. The zero-order chi connectivity index (χ0) is 52.1. The van der Waals surface area contributed by atoms with Crippen molar-refractivity contribution in [2.75, 3.05) is 9.80 Å². The van der Waals surface area contributed by atoms with E-state index in [-0.39, 0.29) is 28.4 Å². The number of hydrogen-bond donors (Lipinski definition) is 0. The quantitative estimate of drug-likeness (QED) is 0.153. The van der Waals surface area contributed by atoms with E-state index in [2.05, 4.69) is 294 Å². The first-order valence-electron chi connectivity index (χ1n) is 26.8. The predicted molar refractivity (Wildman–Crippen MR) is 322 cm³/mol. The van der Waals surface area contributed by atoms with Crippen LogP contribution in [-0.4, -0.2) is 6.71 Å². The van der Waals surface area contributed by atoms with Crippen LogP contribution in [0.1, 0.15) is 111 Å². The average molecular weight is 963 g/mol. The molecule has 9 aromatic carbocycles. The highest BCUT2D eigenvalue weighted by atomic mass is 15.2. The van der Waals surface area contributed by atoms with Gasteiger partial charge in [0.1, 0.15) is 0 Å². The van der Waals surface area contributed by atoms with E-state index >= 15 is 0 Å². The van der Waals surface area contributed by atoms with Crippen LogP contribution in [0.3, 0.4) is 0 Å². The number of aryl methyl sites for hydroxylation is 1. The lowest BCUT2D eigenvalue weighted by molar-refractivity contribution is 0.591. The number of rotatable bonds is 6. The normalized spacial score (nSPS) is 13.4. The van der Waals surface area contributed by atoms with Crippen LogP contribution < -0.4 is 26.2 Å². The molecule has 9 aromatic rings. The van der Waals surface area contributed by atoms with Gasteiger partial charge < -0.3 is 9.80 Å². The molecule has 0 unspecified atom stereocenters. The van der Waals surface area contributed by atoms with Crippen LogP contribution in [0, 0.1) is 6.92 Å². The zero-order valence-corrected chi connectivity index (χ0v) is 45.9. The summed E-state index contributed by atoms with van der Waals surface area (Å²) in [5.41, 5.74) is 27.3. The molecule has 0 radical (unpaired) electrons. The molecule has 2 aliphatic rings. The maximum atomic E-state index is 2.63. The van der Waals surface area contributed by atoms with Crippen LogP contribution in [0.4, 0.5) is 34.1 Å². The van der Waals surface area contributed by atoms with Crippen molar-refractivity contribution in [3.8, 4) is 44.5 Å². The first-order valence-corrected chi connectivity index (χ1v) is 26.8. The Bertz CT molecular complexity index is 3350. The molecule has 0 N–H and O–H groups in total. The Balaban J connectivity index is 1.29. The second kappa shape index (κ2) is 17.9. The molecule has 0 fully saturated rings. The summed E-state index contributed by atoms with van der Waals surface area (Å²) in [6, 6.07) is 73.9. The molecule has 0 bridgehead atoms. The van der Waals surface area contributed by atoms with Crippen molar-refractivity contribution in [1.29, 1.82) is 0 Å². The molecule has 0 aromatic heterocycles. The smallest absolute Gasteiger partial charge is 0.252 e. The Kier molecular flexibility index (Phi) is 11.9. The second-order valence-corrected chi connectivity index (χ2v) is 25.2. The van der Waals surface area contributed by atoms with Gasteiger partial charge in [0.25, 0.3) is 6.71 Å². The highest BCUT2D eigenvalue weighted by molar-refractivity contribution is 7.00. The number of fused-ring (bicyclic) bond motifs is 4. The van der Waals surface area contributed by atoms with Crippen LogP contribution in [0.25, 0.3) is 44.5 Å². The van der Waals surface area contributed by atoms with E-state index in [0.29, 0.717) is 0 Å². The number of hydrogen-bond acceptors (Lipinski definition) is 2. The fourth-order valence-corrected chi connectivity index (χ4v) is 12.1. The van der Waals surface area contributed by atoms with Crippen LogP contribution in [-0.2, 0) is 21.7 Å². The molecular weight excluding hydrogens is 892 g/mol. The van der Waals surface area contributed by atoms with Crippen molar-refractivity contribution in [3.63, 3.8) is 0 Å². The minimum absolute atomic E-state index is 0.0811. The Morgan fingerprint density at radius 2 is 0.595 bits per heavy atom. The molecule has 368 valence electrons. The average Bonchev–Trinajstić information content (AvgIpc) is 3.37. The second-order valence-electron chi connectivity index (χ2n) is 25.2. The molecule has 0 amide bonds. The first-order chi connectivity index (χ1) is 35.2. The van der Waals surface area contributed by atoms with Gasteiger partial charge in [-0.15, -0.1) is 0 Å². The van der Waals surface area contributed by atoms with Crippen LogP contribution >= 0.6 is 0 Å². The van der Waals surface area contributed by atoms with Crippen molar-refractivity contribution in [1.82, 2.24) is 0 Å². The Morgan fingerprint density at radius 1 is 0.297 bits per heavy atom. The highest BCUT2D eigenvalue weighted by Crippen LogP contribution is 2.50. The summed E-state index contributed by atoms with van der Waals surface area (Å²) in [5.74, 6) is 0. The highest BCUT2D eigenvalue weighted by Gasteiger charge is 2.46.